The van der Waals surface area contributed by atoms with Crippen LogP contribution >= 0.6 is 0 Å². The Morgan fingerprint density at radius 2 is 2.00 bits per heavy atom. The van der Waals surface area contributed by atoms with Crippen molar-refractivity contribution in [2.45, 2.75) is 44.0 Å². The van der Waals surface area contributed by atoms with Crippen LogP contribution in [0, 0.1) is 5.92 Å². The van der Waals surface area contributed by atoms with Crippen molar-refractivity contribution in [3.8, 4) is 0 Å². The van der Waals surface area contributed by atoms with E-state index in [1.54, 1.807) is 6.92 Å². The number of carbonyl (C=O) groups is 1. The molecule has 1 aromatic carbocycles. The van der Waals surface area contributed by atoms with E-state index in [0.29, 0.717) is 12.8 Å². The normalized spacial score (nSPS) is 21.6. The molecule has 0 fully saturated rings. The van der Waals surface area contributed by atoms with E-state index in [1.165, 1.54) is 23.1 Å². The van der Waals surface area contributed by atoms with Gasteiger partial charge in [0, 0.05) is 5.69 Å². The summed E-state index contributed by atoms with van der Waals surface area (Å²) in [5, 5.41) is 17.8. The number of Topliss-reactive ketones (excluding diaryl/α,β-unsaturated/α-hetero) is 1. The summed E-state index contributed by atoms with van der Waals surface area (Å²) in [5.41, 5.74) is -1.40. The number of amidine groups is 1. The van der Waals surface area contributed by atoms with Gasteiger partial charge in [0.25, 0.3) is 10.0 Å². The zero-order valence-electron chi connectivity index (χ0n) is 18.9. The van der Waals surface area contributed by atoms with Gasteiger partial charge in [-0.3, -0.25) is 9.52 Å². The first kappa shape index (κ1) is 23.9. The number of nitrogens with zero attached hydrogens (tertiary/aromatic N) is 4. The molecule has 12 nitrogen and oxygen atoms in total. The number of benzene rings is 1. The van der Waals surface area contributed by atoms with Crippen molar-refractivity contribution in [2.75, 3.05) is 16.3 Å². The van der Waals surface area contributed by atoms with Crippen molar-refractivity contribution >= 4 is 48.8 Å². The standard InChI is InChI=1S/C20H24N6O6S2/c1-11(2)7-8-20(3)17(28)15(16(27)19-21-10-22-26(19)20)18-23-13-6-5-12(24-33(4,29)30)9-14(13)34(31,32)25-18/h5-6,9-11,24,27H,7-8H2,1-4H3,(H,23,25). The molecule has 4 rings (SSSR count). The molecule has 3 heterocycles. The molecule has 2 aliphatic heterocycles. The number of aliphatic hydroxyl groups excluding tert-OH is 1. The second-order valence-corrected chi connectivity index (χ2v) is 12.2. The lowest BCUT2D eigenvalue weighted by atomic mass is 9.81. The Morgan fingerprint density at radius 1 is 1.29 bits per heavy atom. The number of hydrogen-bond donors (Lipinski definition) is 3. The van der Waals surface area contributed by atoms with Crippen LogP contribution < -0.4 is 10.0 Å². The number of sulfonamides is 2. The summed E-state index contributed by atoms with van der Waals surface area (Å²) >= 11 is 0. The summed E-state index contributed by atoms with van der Waals surface area (Å²) in [4.78, 5) is 17.4. The lowest BCUT2D eigenvalue weighted by Crippen LogP contribution is -2.47. The number of ketones is 1. The third-order valence-electron chi connectivity index (χ3n) is 5.65. The molecule has 0 amide bonds. The van der Waals surface area contributed by atoms with E-state index in [1.807, 2.05) is 13.8 Å². The molecule has 1 atom stereocenters. The first-order valence-electron chi connectivity index (χ1n) is 10.4. The highest BCUT2D eigenvalue weighted by atomic mass is 32.2. The lowest BCUT2D eigenvalue weighted by Gasteiger charge is -2.35. The third-order valence-corrected chi connectivity index (χ3v) is 7.58. The fourth-order valence-corrected chi connectivity index (χ4v) is 5.61. The quantitative estimate of drug-likeness (QED) is 0.526. The molecular formula is C20H24N6O6S2. The number of hydrogen-bond acceptors (Lipinski definition) is 9. The van der Waals surface area contributed by atoms with Gasteiger partial charge in [-0.2, -0.15) is 13.5 Å². The van der Waals surface area contributed by atoms with Gasteiger partial charge < -0.3 is 10.4 Å². The predicted octanol–water partition coefficient (Wildman–Crippen LogP) is 1.87. The Morgan fingerprint density at radius 3 is 2.65 bits per heavy atom. The Kier molecular flexibility index (Phi) is 5.55. The molecule has 0 saturated heterocycles. The second-order valence-electron chi connectivity index (χ2n) is 8.88. The van der Waals surface area contributed by atoms with E-state index in [9.17, 15) is 26.7 Å². The van der Waals surface area contributed by atoms with Crippen molar-refractivity contribution in [2.24, 2.45) is 10.3 Å². The minimum Gasteiger partial charge on any atom is -0.504 e. The molecule has 34 heavy (non-hydrogen) atoms. The van der Waals surface area contributed by atoms with Gasteiger partial charge in [-0.05, 0) is 43.9 Å². The molecule has 1 aromatic heterocycles. The number of aliphatic hydroxyl groups is 1. The fourth-order valence-electron chi connectivity index (χ4n) is 3.90. The first-order chi connectivity index (χ1) is 15.7. The average molecular weight is 509 g/mol. The minimum absolute atomic E-state index is 0.0289. The van der Waals surface area contributed by atoms with E-state index in [0.717, 1.165) is 12.3 Å². The number of fused-ring (bicyclic) bond motifs is 2. The molecule has 3 N–H and O–H groups in total. The maximum Gasteiger partial charge on any atom is 0.286 e. The number of nitrogens with one attached hydrogen (secondary N) is 2. The average Bonchev–Trinajstić information content (AvgIpc) is 3.21. The van der Waals surface area contributed by atoms with Crippen LogP contribution in [-0.2, 0) is 30.4 Å². The highest BCUT2D eigenvalue weighted by Gasteiger charge is 2.48. The van der Waals surface area contributed by atoms with Gasteiger partial charge in [-0.15, -0.1) is 4.40 Å². The molecule has 2 aliphatic rings. The van der Waals surface area contributed by atoms with Crippen molar-refractivity contribution in [1.29, 1.82) is 0 Å². The van der Waals surface area contributed by atoms with Crippen molar-refractivity contribution < 1.29 is 26.7 Å². The van der Waals surface area contributed by atoms with Crippen LogP contribution in [-0.4, -0.2) is 54.6 Å². The maximum atomic E-state index is 13.7. The van der Waals surface area contributed by atoms with Crippen LogP contribution in [0.15, 0.2) is 39.4 Å². The Labute approximate surface area is 196 Å². The summed E-state index contributed by atoms with van der Waals surface area (Å²) in [5.74, 6) is -1.12. The monoisotopic (exact) mass is 508 g/mol. The largest absolute Gasteiger partial charge is 0.504 e. The molecule has 1 unspecified atom stereocenters. The van der Waals surface area contributed by atoms with E-state index in [4.69, 9.17) is 0 Å². The second kappa shape index (κ2) is 7.91. The van der Waals surface area contributed by atoms with E-state index >= 15 is 0 Å². The van der Waals surface area contributed by atoms with Crippen LogP contribution in [0.4, 0.5) is 11.4 Å². The SMILES string of the molecule is CC(C)CCC1(C)C(=O)C(C2=NS(=O)(=O)c3cc(NS(C)(=O)=O)ccc3N2)=C(O)c2ncnn21. The van der Waals surface area contributed by atoms with Crippen molar-refractivity contribution in [3.05, 3.63) is 35.9 Å². The molecular weight excluding hydrogens is 484 g/mol. The Bertz CT molecular complexity index is 1470. The van der Waals surface area contributed by atoms with Crippen LogP contribution in [0.5, 0.6) is 0 Å². The van der Waals surface area contributed by atoms with E-state index in [-0.39, 0.29) is 39.4 Å². The van der Waals surface area contributed by atoms with Crippen LogP contribution in [0.1, 0.15) is 39.4 Å². The molecule has 2 aromatic rings. The van der Waals surface area contributed by atoms with Gasteiger partial charge in [0.05, 0.1) is 11.9 Å². The molecule has 0 saturated carbocycles. The van der Waals surface area contributed by atoms with Crippen LogP contribution in [0.2, 0.25) is 0 Å². The van der Waals surface area contributed by atoms with Gasteiger partial charge in [0.1, 0.15) is 22.3 Å². The zero-order chi connectivity index (χ0) is 25.1. The summed E-state index contributed by atoms with van der Waals surface area (Å²) in [7, 11) is -7.97. The fraction of sp³-hybridized carbons (Fsp3) is 0.400. The van der Waals surface area contributed by atoms with Crippen molar-refractivity contribution in [1.82, 2.24) is 14.8 Å². The predicted molar refractivity (Wildman–Crippen MR) is 125 cm³/mol. The summed E-state index contributed by atoms with van der Waals surface area (Å²) in [6.07, 6.45) is 3.21. The molecule has 0 radical (unpaired) electrons. The lowest BCUT2D eigenvalue weighted by molar-refractivity contribution is -0.124. The Hall–Kier alpha value is -3.26. The van der Waals surface area contributed by atoms with Crippen molar-refractivity contribution in [3.63, 3.8) is 0 Å². The molecule has 14 heteroatoms. The number of rotatable bonds is 6. The highest BCUT2D eigenvalue weighted by molar-refractivity contribution is 7.92. The first-order valence-corrected chi connectivity index (χ1v) is 13.7. The molecule has 0 aliphatic carbocycles. The highest BCUT2D eigenvalue weighted by Crippen LogP contribution is 2.39. The minimum atomic E-state index is -4.34. The number of aromatic nitrogens is 3. The number of carbonyl (C=O) groups excluding carboxylic acids is 1. The van der Waals surface area contributed by atoms with Gasteiger partial charge in [-0.1, -0.05) is 13.8 Å². The zero-order valence-corrected chi connectivity index (χ0v) is 20.5. The maximum absolute atomic E-state index is 13.7. The number of anilines is 2. The molecule has 182 valence electrons. The van der Waals surface area contributed by atoms with Gasteiger partial charge in [-0.25, -0.2) is 18.1 Å². The Balaban J connectivity index is 1.81. The smallest absolute Gasteiger partial charge is 0.286 e. The summed E-state index contributed by atoms with van der Waals surface area (Å²) in [6.45, 7) is 5.68. The molecule has 0 bridgehead atoms. The van der Waals surface area contributed by atoms with Gasteiger partial charge >= 0.3 is 0 Å². The topological polar surface area (TPSA) is 173 Å². The van der Waals surface area contributed by atoms with E-state index in [2.05, 4.69) is 24.5 Å². The summed E-state index contributed by atoms with van der Waals surface area (Å²) < 4.78 is 56.3. The summed E-state index contributed by atoms with van der Waals surface area (Å²) in [6, 6.07) is 3.84. The van der Waals surface area contributed by atoms with Gasteiger partial charge in [0.15, 0.2) is 23.2 Å². The van der Waals surface area contributed by atoms with Crippen LogP contribution in [0.3, 0.4) is 0 Å². The van der Waals surface area contributed by atoms with Gasteiger partial charge in [0.2, 0.25) is 10.0 Å². The van der Waals surface area contributed by atoms with E-state index < -0.39 is 37.1 Å². The van der Waals surface area contributed by atoms with Crippen LogP contribution in [0.25, 0.3) is 5.76 Å². The molecule has 0 spiro atoms. The third kappa shape index (κ3) is 4.07.